The number of quaternary nitrogens is 1. The summed E-state index contributed by atoms with van der Waals surface area (Å²) >= 11 is 0.673. The van der Waals surface area contributed by atoms with Gasteiger partial charge in [0, 0.05) is 18.4 Å². The molecule has 0 aliphatic carbocycles. The molecule has 0 bridgehead atoms. The van der Waals surface area contributed by atoms with Crippen LogP contribution in [-0.4, -0.2) is 65.6 Å². The van der Waals surface area contributed by atoms with Crippen molar-refractivity contribution in [2.75, 3.05) is 39.5 Å². The number of aliphatic hydroxyl groups excluding tert-OH is 1. The van der Waals surface area contributed by atoms with Gasteiger partial charge < -0.3 is 19.5 Å². The average Bonchev–Trinajstić information content (AvgIpc) is 2.30. The minimum Gasteiger partial charge on any atom is -0.386 e. The maximum absolute atomic E-state index is 12.3. The second-order valence-electron chi connectivity index (χ2n) is 9.02. The van der Waals surface area contributed by atoms with Gasteiger partial charge in [-0.05, 0) is 23.9 Å². The molecule has 0 heterocycles. The Bertz CT molecular complexity index is 365. The number of carbonyl (C=O) groups is 1. The van der Waals surface area contributed by atoms with Gasteiger partial charge in [-0.2, -0.15) is 0 Å². The fourth-order valence-electron chi connectivity index (χ4n) is 3.15. The first-order valence-corrected chi connectivity index (χ1v) is 9.28. The van der Waals surface area contributed by atoms with E-state index in [4.69, 9.17) is 4.55 Å². The molecule has 5 nitrogen and oxygen atoms in total. The predicted molar refractivity (Wildman–Crippen MR) is 98.4 cm³/mol. The van der Waals surface area contributed by atoms with Crippen LogP contribution in [0, 0.1) is 10.8 Å². The first-order valence-electron chi connectivity index (χ1n) is 8.34. The summed E-state index contributed by atoms with van der Waals surface area (Å²) in [6.45, 7) is 12.6. The van der Waals surface area contributed by atoms with Gasteiger partial charge in [0.15, 0.2) is 0 Å². The average molecular weight is 350 g/mol. The highest BCUT2D eigenvalue weighted by atomic mass is 32.2. The van der Waals surface area contributed by atoms with E-state index >= 15 is 0 Å². The molecule has 0 fully saturated rings. The van der Waals surface area contributed by atoms with Crippen molar-refractivity contribution in [3.05, 3.63) is 0 Å². The Morgan fingerprint density at radius 3 is 2.26 bits per heavy atom. The molecule has 0 radical (unpaired) electrons. The fourth-order valence-corrected chi connectivity index (χ4v) is 3.43. The van der Waals surface area contributed by atoms with E-state index < -0.39 is 6.10 Å². The normalized spacial score (nSPS) is 14.7. The Hall–Kier alpha value is -0.300. The summed E-state index contributed by atoms with van der Waals surface area (Å²) in [5, 5.41) is 12.8. The Labute approximate surface area is 146 Å². The van der Waals surface area contributed by atoms with Crippen LogP contribution in [0.2, 0.25) is 0 Å². The number of likely N-dealkylation sites (N-methyl/N-ethyl adjacent to an activating group) is 1. The molecule has 0 aromatic carbocycles. The van der Waals surface area contributed by atoms with E-state index in [2.05, 4.69) is 40.2 Å². The summed E-state index contributed by atoms with van der Waals surface area (Å²) in [6.07, 6.45) is 1.20. The first-order chi connectivity index (χ1) is 10.3. The van der Waals surface area contributed by atoms with Crippen LogP contribution in [0.25, 0.3) is 0 Å². The lowest BCUT2D eigenvalue weighted by Crippen LogP contribution is -2.47. The van der Waals surface area contributed by atoms with Crippen molar-refractivity contribution in [2.45, 2.75) is 53.6 Å². The molecule has 0 aromatic rings. The van der Waals surface area contributed by atoms with Crippen LogP contribution in [-0.2, 0) is 4.79 Å². The molecule has 23 heavy (non-hydrogen) atoms. The van der Waals surface area contributed by atoms with Crippen molar-refractivity contribution in [3.63, 3.8) is 0 Å². The summed E-state index contributed by atoms with van der Waals surface area (Å²) in [5.74, 6) is 0.439. The van der Waals surface area contributed by atoms with Crippen LogP contribution >= 0.6 is 12.0 Å². The first kappa shape index (κ1) is 22.7. The fraction of sp³-hybridized carbons (Fsp3) is 0.941. The van der Waals surface area contributed by atoms with Crippen LogP contribution in [0.15, 0.2) is 0 Å². The minimum absolute atomic E-state index is 0.106. The lowest BCUT2D eigenvalue weighted by atomic mass is 9.76. The minimum atomic E-state index is -0.514. The smallest absolute Gasteiger partial charge is 0.225 e. The molecular weight excluding hydrogens is 312 g/mol. The zero-order valence-corrected chi connectivity index (χ0v) is 16.8. The van der Waals surface area contributed by atoms with E-state index in [0.29, 0.717) is 35.4 Å². The molecule has 1 atom stereocenters. The van der Waals surface area contributed by atoms with Crippen molar-refractivity contribution in [3.8, 4) is 0 Å². The SMILES string of the molecule is CC(C)(C)CC(C)(C)C(=O)NCCC[N+](C)(C)CC(O)CSO. The van der Waals surface area contributed by atoms with Gasteiger partial charge in [-0.3, -0.25) is 4.79 Å². The van der Waals surface area contributed by atoms with Gasteiger partial charge in [-0.15, -0.1) is 0 Å². The quantitative estimate of drug-likeness (QED) is 0.322. The number of nitrogens with one attached hydrogen (secondary N) is 1. The van der Waals surface area contributed by atoms with Crippen LogP contribution < -0.4 is 5.32 Å². The van der Waals surface area contributed by atoms with E-state index in [0.717, 1.165) is 19.4 Å². The lowest BCUT2D eigenvalue weighted by Gasteiger charge is -2.33. The highest BCUT2D eigenvalue weighted by Crippen LogP contribution is 2.33. The van der Waals surface area contributed by atoms with Gasteiger partial charge >= 0.3 is 0 Å². The molecule has 138 valence electrons. The summed E-state index contributed by atoms with van der Waals surface area (Å²) in [7, 11) is 4.10. The number of amides is 1. The third kappa shape index (κ3) is 11.0. The third-order valence-corrected chi connectivity index (χ3v) is 4.32. The zero-order valence-electron chi connectivity index (χ0n) is 16.0. The second kappa shape index (κ2) is 9.25. The standard InChI is InChI=1S/C17H36N2O3S/c1-16(2,3)13-17(4,5)15(21)18-9-8-10-19(6,7)11-14(20)12-23-22/h14,20H,8-13H2,1-7H3,(H-,18,21,22)/p+1. The Kier molecular flexibility index (Phi) is 9.13. The maximum atomic E-state index is 12.3. The topological polar surface area (TPSA) is 69.6 Å². The monoisotopic (exact) mass is 349 g/mol. The molecule has 0 aliphatic heterocycles. The van der Waals surface area contributed by atoms with Crippen LogP contribution in [0.1, 0.15) is 47.5 Å². The van der Waals surface area contributed by atoms with Crippen LogP contribution in [0.4, 0.5) is 0 Å². The summed E-state index contributed by atoms with van der Waals surface area (Å²) in [4.78, 5) is 12.3. The number of nitrogens with zero attached hydrogens (tertiary/aromatic N) is 1. The maximum Gasteiger partial charge on any atom is 0.225 e. The van der Waals surface area contributed by atoms with Gasteiger partial charge in [0.05, 0.1) is 26.4 Å². The van der Waals surface area contributed by atoms with Crippen LogP contribution in [0.5, 0.6) is 0 Å². The van der Waals surface area contributed by atoms with Gasteiger partial charge in [-0.1, -0.05) is 34.6 Å². The van der Waals surface area contributed by atoms with E-state index in [9.17, 15) is 9.90 Å². The molecule has 0 spiro atoms. The van der Waals surface area contributed by atoms with Crippen molar-refractivity contribution in [2.24, 2.45) is 10.8 Å². The molecule has 0 aliphatic rings. The molecule has 3 N–H and O–H groups in total. The Morgan fingerprint density at radius 1 is 1.22 bits per heavy atom. The van der Waals surface area contributed by atoms with Crippen molar-refractivity contribution < 1.29 is 18.9 Å². The number of aliphatic hydroxyl groups is 1. The van der Waals surface area contributed by atoms with Gasteiger partial charge in [0.2, 0.25) is 5.91 Å². The Balaban J connectivity index is 4.18. The van der Waals surface area contributed by atoms with Gasteiger partial charge in [-0.25, -0.2) is 0 Å². The molecule has 0 saturated carbocycles. The highest BCUT2D eigenvalue weighted by molar-refractivity contribution is 7.93. The summed E-state index contributed by atoms with van der Waals surface area (Å²) in [6, 6.07) is 0. The Morgan fingerprint density at radius 2 is 1.78 bits per heavy atom. The van der Waals surface area contributed by atoms with E-state index in [1.165, 1.54) is 0 Å². The molecule has 0 saturated heterocycles. The third-order valence-electron chi connectivity index (χ3n) is 3.78. The van der Waals surface area contributed by atoms with Crippen LogP contribution in [0.3, 0.4) is 0 Å². The largest absolute Gasteiger partial charge is 0.386 e. The number of hydrogen-bond acceptors (Lipinski definition) is 4. The van der Waals surface area contributed by atoms with Crippen molar-refractivity contribution >= 4 is 17.9 Å². The number of hydrogen-bond donors (Lipinski definition) is 3. The molecule has 0 aromatic heterocycles. The van der Waals surface area contributed by atoms with Gasteiger partial charge in [0.1, 0.15) is 12.6 Å². The van der Waals surface area contributed by atoms with Gasteiger partial charge in [0.25, 0.3) is 0 Å². The zero-order chi connectivity index (χ0) is 18.3. The van der Waals surface area contributed by atoms with Crippen molar-refractivity contribution in [1.29, 1.82) is 0 Å². The summed E-state index contributed by atoms with van der Waals surface area (Å²) < 4.78 is 9.44. The molecule has 6 heteroatoms. The summed E-state index contributed by atoms with van der Waals surface area (Å²) in [5.41, 5.74) is -0.238. The highest BCUT2D eigenvalue weighted by Gasteiger charge is 2.32. The van der Waals surface area contributed by atoms with E-state index in [1.54, 1.807) is 0 Å². The molecule has 1 unspecified atom stereocenters. The van der Waals surface area contributed by atoms with E-state index in [-0.39, 0.29) is 16.7 Å². The molecule has 0 rings (SSSR count). The number of carbonyl (C=O) groups excluding carboxylic acids is 1. The predicted octanol–water partition coefficient (Wildman–Crippen LogP) is 2.60. The second-order valence-corrected chi connectivity index (χ2v) is 9.61. The lowest BCUT2D eigenvalue weighted by molar-refractivity contribution is -0.893. The number of rotatable bonds is 10. The molecule has 1 amide bonds. The van der Waals surface area contributed by atoms with E-state index in [1.807, 2.05) is 13.8 Å². The van der Waals surface area contributed by atoms with Crippen molar-refractivity contribution in [1.82, 2.24) is 5.32 Å². The molecular formula is C17H37N2O3S+.